The van der Waals surface area contributed by atoms with Crippen LogP contribution in [-0.2, 0) is 4.79 Å². The van der Waals surface area contributed by atoms with Crippen LogP contribution < -0.4 is 10.2 Å². The van der Waals surface area contributed by atoms with Crippen molar-refractivity contribution in [3.05, 3.63) is 25.0 Å². The Bertz CT molecular complexity index is 392. The molecule has 17 heavy (non-hydrogen) atoms. The third-order valence-corrected chi connectivity index (χ3v) is 2.27. The van der Waals surface area contributed by atoms with Gasteiger partial charge >= 0.3 is 0 Å². The Balaban J connectivity index is 2.62. The van der Waals surface area contributed by atoms with E-state index in [1.807, 2.05) is 18.0 Å². The lowest BCUT2D eigenvalue weighted by atomic mass is 10.3. The highest BCUT2D eigenvalue weighted by atomic mass is 16.1. The monoisotopic (exact) mass is 234 g/mol. The van der Waals surface area contributed by atoms with Gasteiger partial charge in [0.05, 0.1) is 0 Å². The summed E-state index contributed by atoms with van der Waals surface area (Å²) in [5, 5.41) is 3.09. The number of Topliss-reactive ketones (excluding diaryl/α,β-unsaturated/α-hetero) is 1. The fourth-order valence-corrected chi connectivity index (χ4v) is 1.27. The van der Waals surface area contributed by atoms with Gasteiger partial charge in [-0.1, -0.05) is 6.08 Å². The Morgan fingerprint density at radius 3 is 3.00 bits per heavy atom. The molecule has 0 bridgehead atoms. The maximum absolute atomic E-state index is 10.9. The molecule has 0 aliphatic rings. The molecule has 92 valence electrons. The normalized spacial score (nSPS) is 9.76. The van der Waals surface area contributed by atoms with E-state index in [0.717, 1.165) is 11.6 Å². The van der Waals surface area contributed by atoms with Gasteiger partial charge < -0.3 is 10.2 Å². The van der Waals surface area contributed by atoms with E-state index in [1.54, 1.807) is 13.0 Å². The lowest BCUT2D eigenvalue weighted by molar-refractivity contribution is -0.116. The molecule has 5 heteroatoms. The summed E-state index contributed by atoms with van der Waals surface area (Å²) in [4.78, 5) is 21.1. The molecule has 1 aromatic rings. The van der Waals surface area contributed by atoms with Crippen LogP contribution in [0.1, 0.15) is 13.3 Å². The zero-order valence-corrected chi connectivity index (χ0v) is 10.3. The molecule has 1 N–H and O–H groups in total. The molecule has 0 amide bonds. The fourth-order valence-electron chi connectivity index (χ4n) is 1.27. The number of nitrogens with zero attached hydrogens (tertiary/aromatic N) is 3. The van der Waals surface area contributed by atoms with Crippen molar-refractivity contribution in [3.8, 4) is 0 Å². The number of anilines is 2. The van der Waals surface area contributed by atoms with E-state index in [1.165, 1.54) is 6.33 Å². The first-order valence-corrected chi connectivity index (χ1v) is 5.51. The van der Waals surface area contributed by atoms with Gasteiger partial charge in [0.2, 0.25) is 0 Å². The first-order valence-electron chi connectivity index (χ1n) is 5.51. The van der Waals surface area contributed by atoms with Gasteiger partial charge in [0.15, 0.2) is 0 Å². The number of carbonyl (C=O) groups excluding carboxylic acids is 1. The minimum atomic E-state index is 0.177. The molecule has 0 saturated carbocycles. The molecule has 0 saturated heterocycles. The van der Waals surface area contributed by atoms with E-state index in [0.29, 0.717) is 19.5 Å². The first kappa shape index (κ1) is 13.2. The highest BCUT2D eigenvalue weighted by Gasteiger charge is 2.05. The summed E-state index contributed by atoms with van der Waals surface area (Å²) >= 11 is 0. The van der Waals surface area contributed by atoms with Gasteiger partial charge in [0, 0.05) is 32.6 Å². The number of rotatable bonds is 7. The predicted molar refractivity (Wildman–Crippen MR) is 69.3 cm³/mol. The smallest absolute Gasteiger partial charge is 0.133 e. The third kappa shape index (κ3) is 4.63. The van der Waals surface area contributed by atoms with E-state index >= 15 is 0 Å². The van der Waals surface area contributed by atoms with Crippen LogP contribution in [0.3, 0.4) is 0 Å². The number of hydrogen-bond donors (Lipinski definition) is 1. The van der Waals surface area contributed by atoms with Gasteiger partial charge in [0.1, 0.15) is 23.7 Å². The molecule has 0 spiro atoms. The average molecular weight is 234 g/mol. The van der Waals surface area contributed by atoms with Crippen molar-refractivity contribution in [3.63, 3.8) is 0 Å². The van der Waals surface area contributed by atoms with E-state index in [2.05, 4.69) is 21.9 Å². The number of aromatic nitrogens is 2. The summed E-state index contributed by atoms with van der Waals surface area (Å²) in [5.74, 6) is 1.73. The summed E-state index contributed by atoms with van der Waals surface area (Å²) < 4.78 is 0. The molecule has 0 fully saturated rings. The molecule has 5 nitrogen and oxygen atoms in total. The summed E-state index contributed by atoms with van der Waals surface area (Å²) in [6.45, 7) is 6.54. The zero-order chi connectivity index (χ0) is 12.7. The molecule has 1 rings (SSSR count). The molecule has 0 radical (unpaired) electrons. The van der Waals surface area contributed by atoms with Gasteiger partial charge in [0.25, 0.3) is 0 Å². The largest absolute Gasteiger partial charge is 0.366 e. The van der Waals surface area contributed by atoms with E-state index in [4.69, 9.17) is 0 Å². The number of nitrogens with one attached hydrogen (secondary N) is 1. The van der Waals surface area contributed by atoms with Gasteiger partial charge in [-0.15, -0.1) is 6.58 Å². The fraction of sp³-hybridized carbons (Fsp3) is 0.417. The quantitative estimate of drug-likeness (QED) is 0.724. The minimum Gasteiger partial charge on any atom is -0.366 e. The Morgan fingerprint density at radius 1 is 1.59 bits per heavy atom. The van der Waals surface area contributed by atoms with Crippen molar-refractivity contribution >= 4 is 17.4 Å². The molecule has 0 aliphatic heterocycles. The molecule has 0 aliphatic carbocycles. The zero-order valence-electron chi connectivity index (χ0n) is 10.3. The SMILES string of the molecule is C=CCNc1cc(N(C)CCC(C)=O)ncn1. The lowest BCUT2D eigenvalue weighted by Crippen LogP contribution is -2.21. The van der Waals surface area contributed by atoms with Gasteiger partial charge in [-0.3, -0.25) is 4.79 Å². The van der Waals surface area contributed by atoms with Gasteiger partial charge in [-0.2, -0.15) is 0 Å². The summed E-state index contributed by atoms with van der Waals surface area (Å²) in [5.41, 5.74) is 0. The van der Waals surface area contributed by atoms with Crippen molar-refractivity contribution in [2.24, 2.45) is 0 Å². The van der Waals surface area contributed by atoms with Gasteiger partial charge in [-0.05, 0) is 6.92 Å². The average Bonchev–Trinajstić information content (AvgIpc) is 2.33. The number of hydrogen-bond acceptors (Lipinski definition) is 5. The standard InChI is InChI=1S/C12H18N4O/c1-4-6-13-11-8-12(15-9-14-11)16(3)7-5-10(2)17/h4,8-9H,1,5-7H2,2-3H3,(H,13,14,15). The highest BCUT2D eigenvalue weighted by Crippen LogP contribution is 2.12. The van der Waals surface area contributed by atoms with Crippen LogP contribution >= 0.6 is 0 Å². The van der Waals surface area contributed by atoms with Crippen molar-refractivity contribution in [2.45, 2.75) is 13.3 Å². The van der Waals surface area contributed by atoms with E-state index in [9.17, 15) is 4.79 Å². The second kappa shape index (κ2) is 6.62. The Morgan fingerprint density at radius 2 is 2.35 bits per heavy atom. The lowest BCUT2D eigenvalue weighted by Gasteiger charge is -2.17. The molecule has 1 aromatic heterocycles. The molecular formula is C12H18N4O. The van der Waals surface area contributed by atoms with Crippen LogP contribution in [0.5, 0.6) is 0 Å². The Kier molecular flexibility index (Phi) is 5.13. The van der Waals surface area contributed by atoms with Crippen LogP contribution in [0.2, 0.25) is 0 Å². The predicted octanol–water partition coefficient (Wildman–Crippen LogP) is 1.49. The van der Waals surface area contributed by atoms with Gasteiger partial charge in [-0.25, -0.2) is 9.97 Å². The first-order chi connectivity index (χ1) is 8.13. The van der Waals surface area contributed by atoms with Crippen molar-refractivity contribution < 1.29 is 4.79 Å². The summed E-state index contributed by atoms with van der Waals surface area (Å²) in [6, 6.07) is 1.85. The molecule has 0 atom stereocenters. The van der Waals surface area contributed by atoms with E-state index in [-0.39, 0.29) is 5.78 Å². The second-order valence-corrected chi connectivity index (χ2v) is 3.80. The third-order valence-electron chi connectivity index (χ3n) is 2.27. The molecule has 0 unspecified atom stereocenters. The molecule has 1 heterocycles. The maximum Gasteiger partial charge on any atom is 0.133 e. The van der Waals surface area contributed by atoms with Crippen LogP contribution in [0.15, 0.2) is 25.0 Å². The van der Waals surface area contributed by atoms with E-state index < -0.39 is 0 Å². The minimum absolute atomic E-state index is 0.177. The van der Waals surface area contributed by atoms with Crippen molar-refractivity contribution in [2.75, 3.05) is 30.4 Å². The maximum atomic E-state index is 10.9. The Hall–Kier alpha value is -1.91. The number of carbonyl (C=O) groups is 1. The summed E-state index contributed by atoms with van der Waals surface area (Å²) in [7, 11) is 1.91. The summed E-state index contributed by atoms with van der Waals surface area (Å²) in [6.07, 6.45) is 3.79. The second-order valence-electron chi connectivity index (χ2n) is 3.80. The van der Waals surface area contributed by atoms with Crippen molar-refractivity contribution in [1.82, 2.24) is 9.97 Å². The van der Waals surface area contributed by atoms with Crippen molar-refractivity contribution in [1.29, 1.82) is 0 Å². The van der Waals surface area contributed by atoms with Crippen LogP contribution in [0.25, 0.3) is 0 Å². The molecule has 0 aromatic carbocycles. The molecular weight excluding hydrogens is 216 g/mol. The van der Waals surface area contributed by atoms with Crippen LogP contribution in [-0.4, -0.2) is 35.9 Å². The number of ketones is 1. The van der Waals surface area contributed by atoms with Crippen LogP contribution in [0.4, 0.5) is 11.6 Å². The topological polar surface area (TPSA) is 58.1 Å². The van der Waals surface area contributed by atoms with Crippen LogP contribution in [0, 0.1) is 0 Å². The Labute approximate surface area is 102 Å². The highest BCUT2D eigenvalue weighted by molar-refractivity contribution is 5.76.